The summed E-state index contributed by atoms with van der Waals surface area (Å²) in [6.07, 6.45) is 2.93. The third kappa shape index (κ3) is 4.23. The van der Waals surface area contributed by atoms with Crippen LogP contribution in [0.25, 0.3) is 0 Å². The van der Waals surface area contributed by atoms with E-state index in [0.29, 0.717) is 12.3 Å². The molecule has 1 aliphatic heterocycles. The first-order valence-corrected chi connectivity index (χ1v) is 7.67. The predicted molar refractivity (Wildman–Crippen MR) is 74.1 cm³/mol. The van der Waals surface area contributed by atoms with Crippen LogP contribution < -0.4 is 5.32 Å². The normalized spacial score (nSPS) is 16.1. The van der Waals surface area contributed by atoms with E-state index < -0.39 is 0 Å². The van der Waals surface area contributed by atoms with Crippen LogP contribution in [0.3, 0.4) is 0 Å². The van der Waals surface area contributed by atoms with Gasteiger partial charge < -0.3 is 10.2 Å². The van der Waals surface area contributed by atoms with Crippen molar-refractivity contribution in [3.63, 3.8) is 0 Å². The van der Waals surface area contributed by atoms with Crippen LogP contribution >= 0.6 is 22.9 Å². The molecule has 1 aliphatic rings. The van der Waals surface area contributed by atoms with E-state index in [1.807, 2.05) is 5.38 Å². The van der Waals surface area contributed by atoms with Crippen molar-refractivity contribution in [1.82, 2.24) is 15.2 Å². The molecule has 2 rings (SSSR count). The Bertz CT molecular complexity index is 390. The lowest BCUT2D eigenvalue weighted by Crippen LogP contribution is -2.34. The van der Waals surface area contributed by atoms with Crippen molar-refractivity contribution in [2.45, 2.75) is 25.1 Å². The van der Waals surface area contributed by atoms with Crippen LogP contribution in [0.2, 0.25) is 0 Å². The molecule has 6 heteroatoms. The van der Waals surface area contributed by atoms with Crippen LogP contribution in [0.1, 0.15) is 23.5 Å². The van der Waals surface area contributed by atoms with Crippen LogP contribution in [0.5, 0.6) is 0 Å². The lowest BCUT2D eigenvalue weighted by Gasteiger charge is -2.14. The summed E-state index contributed by atoms with van der Waals surface area (Å²) in [7, 11) is 0. The molecule has 0 atom stereocenters. The number of amides is 1. The first-order valence-electron chi connectivity index (χ1n) is 6.26. The number of rotatable bonds is 6. The third-order valence-electron chi connectivity index (χ3n) is 3.00. The van der Waals surface area contributed by atoms with Gasteiger partial charge in [-0.25, -0.2) is 4.98 Å². The standard InChI is InChI=1S/C12H18ClN3OS/c13-8-10-9-18-12(15-10)7-11(17)14-3-6-16-4-1-2-5-16/h9H,1-8H2,(H,14,17). The monoisotopic (exact) mass is 287 g/mol. The number of nitrogens with one attached hydrogen (secondary N) is 1. The summed E-state index contributed by atoms with van der Waals surface area (Å²) >= 11 is 7.17. The van der Waals surface area contributed by atoms with Crippen molar-refractivity contribution in [3.8, 4) is 0 Å². The van der Waals surface area contributed by atoms with Crippen LogP contribution in [0.4, 0.5) is 0 Å². The highest BCUT2D eigenvalue weighted by Gasteiger charge is 2.12. The number of halogens is 1. The summed E-state index contributed by atoms with van der Waals surface area (Å²) in [5.41, 5.74) is 0.849. The molecular weight excluding hydrogens is 270 g/mol. The summed E-state index contributed by atoms with van der Waals surface area (Å²) < 4.78 is 0. The Kier molecular flexibility index (Phi) is 5.41. The zero-order chi connectivity index (χ0) is 12.8. The Balaban J connectivity index is 1.65. The number of nitrogens with zero attached hydrogens (tertiary/aromatic N) is 2. The van der Waals surface area contributed by atoms with Gasteiger partial charge in [-0.15, -0.1) is 22.9 Å². The van der Waals surface area contributed by atoms with E-state index in [0.717, 1.165) is 23.8 Å². The molecule has 0 unspecified atom stereocenters. The number of carbonyl (C=O) groups is 1. The number of hydrogen-bond acceptors (Lipinski definition) is 4. The molecule has 4 nitrogen and oxygen atoms in total. The molecule has 1 fully saturated rings. The van der Waals surface area contributed by atoms with Crippen molar-refractivity contribution in [3.05, 3.63) is 16.1 Å². The SMILES string of the molecule is O=C(Cc1nc(CCl)cs1)NCCN1CCCC1. The summed E-state index contributed by atoms with van der Waals surface area (Å²) in [6, 6.07) is 0. The fourth-order valence-electron chi connectivity index (χ4n) is 2.05. The van der Waals surface area contributed by atoms with Gasteiger partial charge in [0.25, 0.3) is 0 Å². The Morgan fingerprint density at radius 3 is 2.94 bits per heavy atom. The smallest absolute Gasteiger partial charge is 0.226 e. The number of alkyl halides is 1. The second-order valence-electron chi connectivity index (χ2n) is 4.44. The summed E-state index contributed by atoms with van der Waals surface area (Å²) in [5, 5.41) is 5.68. The van der Waals surface area contributed by atoms with Gasteiger partial charge in [0, 0.05) is 18.5 Å². The first-order chi connectivity index (χ1) is 8.78. The molecule has 1 saturated heterocycles. The fourth-order valence-corrected chi connectivity index (χ4v) is 3.07. The second-order valence-corrected chi connectivity index (χ2v) is 5.65. The molecule has 0 spiro atoms. The quantitative estimate of drug-likeness (QED) is 0.809. The van der Waals surface area contributed by atoms with Crippen LogP contribution in [0.15, 0.2) is 5.38 Å². The lowest BCUT2D eigenvalue weighted by atomic mass is 10.4. The molecule has 0 aromatic carbocycles. The number of likely N-dealkylation sites (tertiary alicyclic amines) is 1. The molecule has 1 aromatic heterocycles. The van der Waals surface area contributed by atoms with E-state index in [2.05, 4.69) is 15.2 Å². The summed E-state index contributed by atoms with van der Waals surface area (Å²) in [4.78, 5) is 18.3. The van der Waals surface area contributed by atoms with Crippen molar-refractivity contribution in [2.75, 3.05) is 26.2 Å². The van der Waals surface area contributed by atoms with Crippen molar-refractivity contribution < 1.29 is 4.79 Å². The fraction of sp³-hybridized carbons (Fsp3) is 0.667. The zero-order valence-electron chi connectivity index (χ0n) is 10.3. The molecule has 1 amide bonds. The van der Waals surface area contributed by atoms with Crippen LogP contribution in [-0.2, 0) is 17.1 Å². The average Bonchev–Trinajstić information content (AvgIpc) is 3.00. The van der Waals surface area contributed by atoms with E-state index in [4.69, 9.17) is 11.6 Å². The molecule has 0 bridgehead atoms. The van der Waals surface area contributed by atoms with Crippen molar-refractivity contribution in [1.29, 1.82) is 0 Å². The van der Waals surface area contributed by atoms with Gasteiger partial charge in [0.15, 0.2) is 0 Å². The third-order valence-corrected chi connectivity index (χ3v) is 4.17. The Morgan fingerprint density at radius 1 is 1.50 bits per heavy atom. The van der Waals surface area contributed by atoms with Crippen molar-refractivity contribution in [2.24, 2.45) is 0 Å². The predicted octanol–water partition coefficient (Wildman–Crippen LogP) is 1.64. The largest absolute Gasteiger partial charge is 0.354 e. The minimum absolute atomic E-state index is 0.0460. The maximum atomic E-state index is 11.7. The van der Waals surface area contributed by atoms with Crippen molar-refractivity contribution >= 4 is 28.8 Å². The van der Waals surface area contributed by atoms with Gasteiger partial charge in [0.2, 0.25) is 5.91 Å². The Morgan fingerprint density at radius 2 is 2.28 bits per heavy atom. The summed E-state index contributed by atoms with van der Waals surface area (Å²) in [5.74, 6) is 0.456. The molecule has 0 saturated carbocycles. The van der Waals surface area contributed by atoms with E-state index >= 15 is 0 Å². The van der Waals surface area contributed by atoms with E-state index in [1.165, 1.54) is 37.3 Å². The minimum Gasteiger partial charge on any atom is -0.354 e. The Labute approximate surface area is 116 Å². The minimum atomic E-state index is 0.0460. The highest BCUT2D eigenvalue weighted by Crippen LogP contribution is 2.12. The first kappa shape index (κ1) is 13.8. The van der Waals surface area contributed by atoms with Gasteiger partial charge in [0.05, 0.1) is 18.0 Å². The molecule has 1 aromatic rings. The number of thiazole rings is 1. The molecule has 0 aliphatic carbocycles. The van der Waals surface area contributed by atoms with E-state index in [9.17, 15) is 4.79 Å². The lowest BCUT2D eigenvalue weighted by molar-refractivity contribution is -0.120. The second kappa shape index (κ2) is 7.07. The molecule has 100 valence electrons. The zero-order valence-corrected chi connectivity index (χ0v) is 11.9. The average molecular weight is 288 g/mol. The topological polar surface area (TPSA) is 45.2 Å². The summed E-state index contributed by atoms with van der Waals surface area (Å²) in [6.45, 7) is 4.02. The van der Waals surface area contributed by atoms with E-state index in [-0.39, 0.29) is 5.91 Å². The van der Waals surface area contributed by atoms with Gasteiger partial charge in [-0.1, -0.05) is 0 Å². The van der Waals surface area contributed by atoms with Gasteiger partial charge in [-0.3, -0.25) is 4.79 Å². The highest BCUT2D eigenvalue weighted by molar-refractivity contribution is 7.09. The highest BCUT2D eigenvalue weighted by atomic mass is 35.5. The maximum Gasteiger partial charge on any atom is 0.226 e. The van der Waals surface area contributed by atoms with Gasteiger partial charge >= 0.3 is 0 Å². The van der Waals surface area contributed by atoms with Crippen LogP contribution in [0, 0.1) is 0 Å². The van der Waals surface area contributed by atoms with Crippen LogP contribution in [-0.4, -0.2) is 42.0 Å². The molecule has 2 heterocycles. The Hall–Kier alpha value is -0.650. The van der Waals surface area contributed by atoms with Gasteiger partial charge in [-0.2, -0.15) is 0 Å². The molecular formula is C12H18ClN3OS. The molecule has 1 N–H and O–H groups in total. The number of aromatic nitrogens is 1. The van der Waals surface area contributed by atoms with Gasteiger partial charge in [0.1, 0.15) is 5.01 Å². The number of hydrogen-bond donors (Lipinski definition) is 1. The number of carbonyl (C=O) groups excluding carboxylic acids is 1. The molecule has 0 radical (unpaired) electrons. The van der Waals surface area contributed by atoms with E-state index in [1.54, 1.807) is 0 Å². The maximum absolute atomic E-state index is 11.7. The van der Waals surface area contributed by atoms with Gasteiger partial charge in [-0.05, 0) is 25.9 Å². The molecule has 18 heavy (non-hydrogen) atoms.